The minimum Gasteiger partial charge on any atom is -0.360 e. The van der Waals surface area contributed by atoms with Crippen molar-refractivity contribution >= 4 is 39.2 Å². The zero-order valence-corrected chi connectivity index (χ0v) is 12.2. The van der Waals surface area contributed by atoms with Crippen molar-refractivity contribution in [3.8, 4) is 0 Å². The van der Waals surface area contributed by atoms with Gasteiger partial charge < -0.3 is 15.2 Å². The molecule has 2 N–H and O–H groups in total. The first-order chi connectivity index (χ1) is 9.54. The number of hydrogen-bond donors (Lipinski definition) is 2. The van der Waals surface area contributed by atoms with Gasteiger partial charge in [0.1, 0.15) is 12.2 Å². The van der Waals surface area contributed by atoms with E-state index in [-0.39, 0.29) is 6.42 Å². The number of rotatable bonds is 4. The molecular formula is C13H12BrN3O3. The van der Waals surface area contributed by atoms with E-state index in [0.717, 1.165) is 4.47 Å². The van der Waals surface area contributed by atoms with Gasteiger partial charge in [0.05, 0.1) is 5.69 Å². The number of hydrogen-bond acceptors (Lipinski definition) is 4. The summed E-state index contributed by atoms with van der Waals surface area (Å²) < 4.78 is 5.56. The van der Waals surface area contributed by atoms with Gasteiger partial charge in [-0.2, -0.15) is 0 Å². The average molecular weight is 338 g/mol. The van der Waals surface area contributed by atoms with Crippen LogP contribution in [0.25, 0.3) is 0 Å². The van der Waals surface area contributed by atoms with Crippen LogP contribution in [-0.4, -0.2) is 17.0 Å². The predicted octanol–water partition coefficient (Wildman–Crippen LogP) is 2.71. The smallest absolute Gasteiger partial charge is 0.235 e. The number of carbonyl (C=O) groups is 2. The molecule has 0 aliphatic carbocycles. The molecule has 6 nitrogen and oxygen atoms in total. The number of amides is 2. The molecule has 1 aromatic carbocycles. The zero-order chi connectivity index (χ0) is 14.5. The molecule has 1 aromatic heterocycles. The van der Waals surface area contributed by atoms with Gasteiger partial charge in [-0.15, -0.1) is 0 Å². The molecule has 0 aliphatic rings. The van der Waals surface area contributed by atoms with E-state index in [1.807, 2.05) is 6.07 Å². The monoisotopic (exact) mass is 337 g/mol. The molecule has 0 aliphatic heterocycles. The quantitative estimate of drug-likeness (QED) is 0.840. The minimum atomic E-state index is -0.456. The van der Waals surface area contributed by atoms with Gasteiger partial charge in [-0.1, -0.05) is 17.3 Å². The Hall–Kier alpha value is -2.15. The van der Waals surface area contributed by atoms with Gasteiger partial charge in [-0.25, -0.2) is 0 Å². The number of anilines is 2. The summed E-state index contributed by atoms with van der Waals surface area (Å²) in [5, 5.41) is 8.73. The van der Waals surface area contributed by atoms with E-state index in [2.05, 4.69) is 31.7 Å². The fourth-order valence-electron chi connectivity index (χ4n) is 1.52. The Morgan fingerprint density at radius 3 is 2.60 bits per heavy atom. The lowest BCUT2D eigenvalue weighted by molar-refractivity contribution is -0.123. The molecule has 0 fully saturated rings. The van der Waals surface area contributed by atoms with Crippen molar-refractivity contribution < 1.29 is 14.1 Å². The summed E-state index contributed by atoms with van der Waals surface area (Å²) in [6.45, 7) is 1.71. The van der Waals surface area contributed by atoms with Crippen LogP contribution in [0.1, 0.15) is 12.2 Å². The van der Waals surface area contributed by atoms with Crippen LogP contribution < -0.4 is 10.6 Å². The first-order valence-corrected chi connectivity index (χ1v) is 6.61. The molecule has 2 rings (SSSR count). The summed E-state index contributed by atoms with van der Waals surface area (Å²) in [5.41, 5.74) is 0.614. The molecule has 2 aromatic rings. The summed E-state index contributed by atoms with van der Waals surface area (Å²) in [6.07, 6.45) is -0.298. The Kier molecular flexibility index (Phi) is 4.52. The molecule has 0 saturated carbocycles. The minimum absolute atomic E-state index is 0.293. The van der Waals surface area contributed by atoms with Crippen LogP contribution >= 0.6 is 15.9 Å². The van der Waals surface area contributed by atoms with Gasteiger partial charge in [0.2, 0.25) is 11.8 Å². The van der Waals surface area contributed by atoms with Crippen LogP contribution in [-0.2, 0) is 9.59 Å². The largest absolute Gasteiger partial charge is 0.360 e. The van der Waals surface area contributed by atoms with Crippen LogP contribution in [0.15, 0.2) is 39.3 Å². The number of aryl methyl sites for hydroxylation is 1. The summed E-state index contributed by atoms with van der Waals surface area (Å²) in [4.78, 5) is 23.4. The Morgan fingerprint density at radius 1 is 1.25 bits per heavy atom. The van der Waals surface area contributed by atoms with E-state index >= 15 is 0 Å². The van der Waals surface area contributed by atoms with Crippen molar-refractivity contribution in [3.63, 3.8) is 0 Å². The number of aromatic nitrogens is 1. The molecule has 0 radical (unpaired) electrons. The van der Waals surface area contributed by atoms with Crippen LogP contribution in [0, 0.1) is 6.92 Å². The van der Waals surface area contributed by atoms with Gasteiger partial charge in [-0.05, 0) is 35.0 Å². The van der Waals surface area contributed by atoms with E-state index in [9.17, 15) is 9.59 Å². The van der Waals surface area contributed by atoms with Crippen molar-refractivity contribution in [2.75, 3.05) is 10.6 Å². The molecule has 7 heteroatoms. The summed E-state index contributed by atoms with van der Waals surface area (Å²) in [6, 6.07) is 8.73. The molecule has 104 valence electrons. The number of para-hydroxylation sites is 1. The maximum atomic E-state index is 11.7. The van der Waals surface area contributed by atoms with Crippen molar-refractivity contribution in [2.45, 2.75) is 13.3 Å². The Balaban J connectivity index is 1.88. The average Bonchev–Trinajstić information content (AvgIpc) is 2.77. The lowest BCUT2D eigenvalue weighted by Gasteiger charge is -2.06. The molecule has 0 bridgehead atoms. The first kappa shape index (κ1) is 14.3. The summed E-state index contributed by atoms with van der Waals surface area (Å²) in [7, 11) is 0. The highest BCUT2D eigenvalue weighted by Gasteiger charge is 2.12. The maximum absolute atomic E-state index is 11.7. The Labute approximate surface area is 123 Å². The lowest BCUT2D eigenvalue weighted by atomic mass is 10.3. The first-order valence-electron chi connectivity index (χ1n) is 5.82. The Bertz CT molecular complexity index is 639. The van der Waals surface area contributed by atoms with Gasteiger partial charge in [0, 0.05) is 10.5 Å². The highest BCUT2D eigenvalue weighted by atomic mass is 79.9. The molecule has 0 saturated heterocycles. The number of nitrogens with zero attached hydrogens (tertiary/aromatic N) is 1. The number of carbonyl (C=O) groups excluding carboxylic acids is 2. The fraction of sp³-hybridized carbons (Fsp3) is 0.154. The van der Waals surface area contributed by atoms with Crippen molar-refractivity contribution in [1.82, 2.24) is 5.16 Å². The molecule has 20 heavy (non-hydrogen) atoms. The number of nitrogens with one attached hydrogen (secondary N) is 2. The van der Waals surface area contributed by atoms with Gasteiger partial charge >= 0.3 is 0 Å². The second kappa shape index (κ2) is 6.33. The lowest BCUT2D eigenvalue weighted by Crippen LogP contribution is -2.21. The highest BCUT2D eigenvalue weighted by molar-refractivity contribution is 9.10. The summed E-state index contributed by atoms with van der Waals surface area (Å²) >= 11 is 3.31. The number of benzene rings is 1. The van der Waals surface area contributed by atoms with Crippen molar-refractivity contribution in [2.24, 2.45) is 0 Å². The third-order valence-corrected chi connectivity index (χ3v) is 3.06. The van der Waals surface area contributed by atoms with Crippen molar-refractivity contribution in [3.05, 3.63) is 40.6 Å². The SMILES string of the molecule is Cc1cc(NC(=O)CC(=O)Nc2ccccc2Br)no1. The fourth-order valence-corrected chi connectivity index (χ4v) is 1.90. The molecular weight excluding hydrogens is 326 g/mol. The van der Waals surface area contributed by atoms with Crippen LogP contribution in [0.2, 0.25) is 0 Å². The number of halogens is 1. The summed E-state index contributed by atoms with van der Waals surface area (Å²) in [5.74, 6) is 0.0108. The van der Waals surface area contributed by atoms with Gasteiger partial charge in [0.15, 0.2) is 5.82 Å². The van der Waals surface area contributed by atoms with Crippen LogP contribution in [0.4, 0.5) is 11.5 Å². The van der Waals surface area contributed by atoms with Gasteiger partial charge in [-0.3, -0.25) is 9.59 Å². The topological polar surface area (TPSA) is 84.2 Å². The third-order valence-electron chi connectivity index (χ3n) is 2.36. The maximum Gasteiger partial charge on any atom is 0.235 e. The second-order valence-corrected chi connectivity index (χ2v) is 4.93. The molecule has 2 amide bonds. The van der Waals surface area contributed by atoms with Crippen LogP contribution in [0.3, 0.4) is 0 Å². The Morgan fingerprint density at radius 2 is 1.95 bits per heavy atom. The molecule has 1 heterocycles. The molecule has 0 atom stereocenters. The predicted molar refractivity (Wildman–Crippen MR) is 77.3 cm³/mol. The van der Waals surface area contributed by atoms with E-state index in [1.54, 1.807) is 31.2 Å². The van der Waals surface area contributed by atoms with E-state index < -0.39 is 11.8 Å². The second-order valence-electron chi connectivity index (χ2n) is 4.08. The van der Waals surface area contributed by atoms with E-state index in [1.165, 1.54) is 0 Å². The normalized spacial score (nSPS) is 10.1. The third kappa shape index (κ3) is 3.92. The zero-order valence-electron chi connectivity index (χ0n) is 10.6. The van der Waals surface area contributed by atoms with Crippen LogP contribution in [0.5, 0.6) is 0 Å². The van der Waals surface area contributed by atoms with Gasteiger partial charge in [0.25, 0.3) is 0 Å². The highest BCUT2D eigenvalue weighted by Crippen LogP contribution is 2.21. The van der Waals surface area contributed by atoms with Crippen molar-refractivity contribution in [1.29, 1.82) is 0 Å². The standard InChI is InChI=1S/C13H12BrN3O3/c1-8-6-11(17-20-8)16-13(19)7-12(18)15-10-5-3-2-4-9(10)14/h2-6H,7H2,1H3,(H,15,18)(H,16,17,19). The van der Waals surface area contributed by atoms with E-state index in [4.69, 9.17) is 4.52 Å². The molecule has 0 spiro atoms. The molecule has 0 unspecified atom stereocenters. The van der Waals surface area contributed by atoms with E-state index in [0.29, 0.717) is 17.3 Å².